The van der Waals surface area contributed by atoms with Crippen LogP contribution in [0.2, 0.25) is 0 Å². The predicted octanol–water partition coefficient (Wildman–Crippen LogP) is 3.36. The fourth-order valence-electron chi connectivity index (χ4n) is 4.02. The molecule has 3 heterocycles. The first-order valence-corrected chi connectivity index (χ1v) is 11.1. The molecule has 0 unspecified atom stereocenters. The lowest BCUT2D eigenvalue weighted by Gasteiger charge is -2.33. The van der Waals surface area contributed by atoms with E-state index in [0.717, 1.165) is 24.7 Å². The van der Waals surface area contributed by atoms with Crippen molar-refractivity contribution >= 4 is 11.8 Å². The highest BCUT2D eigenvalue weighted by Gasteiger charge is 2.23. The van der Waals surface area contributed by atoms with Gasteiger partial charge < -0.3 is 14.5 Å². The summed E-state index contributed by atoms with van der Waals surface area (Å²) in [6.45, 7) is 2.99. The number of ether oxygens (including phenoxy) is 1. The number of urea groups is 1. The van der Waals surface area contributed by atoms with Crippen LogP contribution in [0.3, 0.4) is 0 Å². The van der Waals surface area contributed by atoms with Crippen LogP contribution in [0.15, 0.2) is 36.9 Å². The predicted molar refractivity (Wildman–Crippen MR) is 116 cm³/mol. The molecule has 1 saturated heterocycles. The van der Waals surface area contributed by atoms with Crippen molar-refractivity contribution in [3.05, 3.63) is 36.9 Å². The average Bonchev–Trinajstić information content (AvgIpc) is 2.81. The Kier molecular flexibility index (Phi) is 7.49. The minimum atomic E-state index is -0.188. The third kappa shape index (κ3) is 6.52. The Labute approximate surface area is 182 Å². The molecule has 9 heteroatoms. The summed E-state index contributed by atoms with van der Waals surface area (Å²) in [6, 6.07) is 3.50. The molecule has 1 aliphatic carbocycles. The fourth-order valence-corrected chi connectivity index (χ4v) is 4.02. The monoisotopic (exact) mass is 426 g/mol. The van der Waals surface area contributed by atoms with E-state index in [0.29, 0.717) is 37.9 Å². The Bertz CT molecular complexity index is 823. The van der Waals surface area contributed by atoms with Gasteiger partial charge >= 0.3 is 6.03 Å². The number of carbonyl (C=O) groups excluding carboxylic acids is 1. The summed E-state index contributed by atoms with van der Waals surface area (Å²) in [5.41, 5.74) is 0. The zero-order valence-corrected chi connectivity index (χ0v) is 17.8. The topological polar surface area (TPSA) is 92.7 Å². The van der Waals surface area contributed by atoms with E-state index >= 15 is 0 Å². The average molecular weight is 427 g/mol. The van der Waals surface area contributed by atoms with Crippen molar-refractivity contribution in [3.63, 3.8) is 0 Å². The number of nitrogens with one attached hydrogen (secondary N) is 1. The second-order valence-electron chi connectivity index (χ2n) is 8.00. The summed E-state index contributed by atoms with van der Waals surface area (Å²) in [6.07, 6.45) is 14.2. The minimum Gasteiger partial charge on any atom is -0.493 e. The molecule has 2 aromatic rings. The van der Waals surface area contributed by atoms with Gasteiger partial charge in [0.15, 0.2) is 5.82 Å². The number of carbonyl (C=O) groups is 1. The molecule has 0 radical (unpaired) electrons. The first-order chi connectivity index (χ1) is 15.3. The van der Waals surface area contributed by atoms with E-state index in [-0.39, 0.29) is 6.03 Å². The van der Waals surface area contributed by atoms with Crippen LogP contribution in [-0.2, 0) is 0 Å². The Morgan fingerprint density at radius 2 is 1.90 bits per heavy atom. The normalized spacial score (nSPS) is 17.9. The SMILES string of the molecule is O=C(Nc1cnccn1)N1CCN(Oc2cc(OCCC3CCCCC3)ccn2)CC1. The lowest BCUT2D eigenvalue weighted by Crippen LogP contribution is -2.51. The smallest absolute Gasteiger partial charge is 0.323 e. The molecular weight excluding hydrogens is 396 g/mol. The van der Waals surface area contributed by atoms with Gasteiger partial charge in [-0.2, -0.15) is 0 Å². The van der Waals surface area contributed by atoms with Crippen LogP contribution in [0.1, 0.15) is 38.5 Å². The lowest BCUT2D eigenvalue weighted by atomic mass is 9.87. The second-order valence-corrected chi connectivity index (χ2v) is 8.00. The van der Waals surface area contributed by atoms with Gasteiger partial charge in [-0.25, -0.2) is 14.8 Å². The van der Waals surface area contributed by atoms with E-state index in [9.17, 15) is 4.79 Å². The zero-order chi connectivity index (χ0) is 21.3. The van der Waals surface area contributed by atoms with Crippen LogP contribution in [0.5, 0.6) is 11.6 Å². The van der Waals surface area contributed by atoms with Gasteiger partial charge in [0.2, 0.25) is 5.88 Å². The van der Waals surface area contributed by atoms with Gasteiger partial charge in [-0.1, -0.05) is 32.1 Å². The van der Waals surface area contributed by atoms with Gasteiger partial charge in [-0.05, 0) is 18.4 Å². The fraction of sp³-hybridized carbons (Fsp3) is 0.545. The first-order valence-electron chi connectivity index (χ1n) is 11.1. The summed E-state index contributed by atoms with van der Waals surface area (Å²) in [5, 5.41) is 4.57. The lowest BCUT2D eigenvalue weighted by molar-refractivity contribution is -0.0849. The van der Waals surface area contributed by atoms with Crippen LogP contribution in [-0.4, -0.2) is 63.7 Å². The van der Waals surface area contributed by atoms with Crippen LogP contribution in [0.4, 0.5) is 10.6 Å². The van der Waals surface area contributed by atoms with Crippen molar-refractivity contribution in [3.8, 4) is 11.6 Å². The van der Waals surface area contributed by atoms with Crippen LogP contribution >= 0.6 is 0 Å². The van der Waals surface area contributed by atoms with E-state index in [1.54, 1.807) is 23.5 Å². The maximum Gasteiger partial charge on any atom is 0.323 e. The van der Waals surface area contributed by atoms with Crippen molar-refractivity contribution < 1.29 is 14.4 Å². The molecule has 1 aliphatic heterocycles. The van der Waals surface area contributed by atoms with Gasteiger partial charge in [0.25, 0.3) is 0 Å². The summed E-state index contributed by atoms with van der Waals surface area (Å²) < 4.78 is 5.93. The summed E-state index contributed by atoms with van der Waals surface area (Å²) in [5.74, 6) is 2.53. The van der Waals surface area contributed by atoms with Crippen molar-refractivity contribution in [2.75, 3.05) is 38.1 Å². The van der Waals surface area contributed by atoms with Crippen LogP contribution in [0.25, 0.3) is 0 Å². The molecule has 2 aliphatic rings. The molecule has 2 aromatic heterocycles. The molecule has 2 amide bonds. The third-order valence-electron chi connectivity index (χ3n) is 5.77. The third-order valence-corrected chi connectivity index (χ3v) is 5.77. The van der Waals surface area contributed by atoms with Gasteiger partial charge in [-0.15, -0.1) is 5.06 Å². The van der Waals surface area contributed by atoms with Gasteiger partial charge in [0, 0.05) is 37.7 Å². The molecule has 0 aromatic carbocycles. The van der Waals surface area contributed by atoms with Gasteiger partial charge in [0.1, 0.15) is 5.75 Å². The van der Waals surface area contributed by atoms with E-state index in [1.807, 2.05) is 17.2 Å². The molecule has 0 bridgehead atoms. The van der Waals surface area contributed by atoms with E-state index in [2.05, 4.69) is 20.3 Å². The van der Waals surface area contributed by atoms with E-state index < -0.39 is 0 Å². The van der Waals surface area contributed by atoms with E-state index in [1.165, 1.54) is 38.3 Å². The number of nitrogens with zero attached hydrogens (tertiary/aromatic N) is 5. The quantitative estimate of drug-likeness (QED) is 0.726. The molecule has 9 nitrogen and oxygen atoms in total. The number of rotatable bonds is 7. The Morgan fingerprint density at radius 1 is 1.06 bits per heavy atom. The summed E-state index contributed by atoms with van der Waals surface area (Å²) >= 11 is 0. The maximum atomic E-state index is 12.4. The molecule has 0 spiro atoms. The van der Waals surface area contributed by atoms with Crippen molar-refractivity contribution in [1.29, 1.82) is 0 Å². The second kappa shape index (κ2) is 10.9. The Balaban J connectivity index is 1.19. The van der Waals surface area contributed by atoms with Crippen molar-refractivity contribution in [1.82, 2.24) is 24.9 Å². The van der Waals surface area contributed by atoms with E-state index in [4.69, 9.17) is 9.57 Å². The largest absolute Gasteiger partial charge is 0.493 e. The zero-order valence-electron chi connectivity index (χ0n) is 17.8. The molecule has 0 atom stereocenters. The molecular formula is C22H30N6O3. The number of aromatic nitrogens is 3. The van der Waals surface area contributed by atoms with Crippen LogP contribution < -0.4 is 14.9 Å². The highest BCUT2D eigenvalue weighted by atomic mass is 16.7. The maximum absolute atomic E-state index is 12.4. The molecule has 4 rings (SSSR count). The number of piperazine rings is 1. The molecule has 1 N–H and O–H groups in total. The molecule has 31 heavy (non-hydrogen) atoms. The highest BCUT2D eigenvalue weighted by molar-refractivity contribution is 5.88. The number of hydrogen-bond donors (Lipinski definition) is 1. The number of anilines is 1. The minimum absolute atomic E-state index is 0.188. The number of pyridine rings is 1. The highest BCUT2D eigenvalue weighted by Crippen LogP contribution is 2.26. The van der Waals surface area contributed by atoms with Crippen LogP contribution in [0, 0.1) is 5.92 Å². The number of hydroxylamine groups is 2. The standard InChI is InChI=1S/C22H30N6O3/c29-22(26-20-17-23-9-10-24-20)27-11-13-28(14-12-27)31-21-16-19(6-8-25-21)30-15-7-18-4-2-1-3-5-18/h6,8-10,16-18H,1-5,7,11-15H2,(H,24,26,29). The summed E-state index contributed by atoms with van der Waals surface area (Å²) in [4.78, 5) is 32.3. The van der Waals surface area contributed by atoms with Crippen molar-refractivity contribution in [2.45, 2.75) is 38.5 Å². The van der Waals surface area contributed by atoms with Crippen molar-refractivity contribution in [2.24, 2.45) is 5.92 Å². The first kappa shape index (κ1) is 21.3. The van der Waals surface area contributed by atoms with Gasteiger partial charge in [-0.3, -0.25) is 10.3 Å². The number of amides is 2. The molecule has 2 fully saturated rings. The Hall–Kier alpha value is -2.94. The molecule has 166 valence electrons. The molecule has 1 saturated carbocycles. The van der Waals surface area contributed by atoms with Gasteiger partial charge in [0.05, 0.1) is 25.9 Å². The summed E-state index contributed by atoms with van der Waals surface area (Å²) in [7, 11) is 0. The Morgan fingerprint density at radius 3 is 2.68 bits per heavy atom. The number of hydrogen-bond acceptors (Lipinski definition) is 7.